The first kappa shape index (κ1) is 22.9. The van der Waals surface area contributed by atoms with E-state index in [9.17, 15) is 9.50 Å². The van der Waals surface area contributed by atoms with E-state index in [-0.39, 0.29) is 18.5 Å². The monoisotopic (exact) mass is 427 g/mol. The summed E-state index contributed by atoms with van der Waals surface area (Å²) in [6.45, 7) is 5.35. The molecule has 0 aliphatic carbocycles. The highest BCUT2D eigenvalue weighted by Crippen LogP contribution is 2.34. The molecule has 0 aliphatic rings. The normalized spacial score (nSPS) is 12.5. The van der Waals surface area contributed by atoms with Crippen LogP contribution in [0, 0.1) is 5.82 Å². The first-order valence-corrected chi connectivity index (χ1v) is 10.3. The highest BCUT2D eigenvalue weighted by Gasteiger charge is 2.24. The molecule has 1 unspecified atom stereocenters. The Hall–Kier alpha value is -2.74. The van der Waals surface area contributed by atoms with Crippen molar-refractivity contribution in [2.75, 3.05) is 20.3 Å². The largest absolute Gasteiger partial charge is 0.439 e. The molecule has 0 bridgehead atoms. The van der Waals surface area contributed by atoms with Gasteiger partial charge in [-0.2, -0.15) is 5.10 Å². The van der Waals surface area contributed by atoms with Crippen LogP contribution >= 0.6 is 0 Å². The van der Waals surface area contributed by atoms with Crippen LogP contribution in [0.1, 0.15) is 19.4 Å². The fourth-order valence-electron chi connectivity index (χ4n) is 3.47. The maximum Gasteiger partial charge on any atom is 0.222 e. The summed E-state index contributed by atoms with van der Waals surface area (Å²) >= 11 is 0. The number of hydrogen-bond acceptors (Lipinski definition) is 5. The molecule has 7 heteroatoms. The molecule has 6 nitrogen and oxygen atoms in total. The van der Waals surface area contributed by atoms with Crippen molar-refractivity contribution in [1.82, 2.24) is 14.7 Å². The molecule has 0 saturated carbocycles. The lowest BCUT2D eigenvalue weighted by Crippen LogP contribution is -2.38. The predicted octanol–water partition coefficient (Wildman–Crippen LogP) is 4.24. The van der Waals surface area contributed by atoms with Crippen LogP contribution in [-0.2, 0) is 18.3 Å². The van der Waals surface area contributed by atoms with Gasteiger partial charge in [-0.25, -0.2) is 9.07 Å². The van der Waals surface area contributed by atoms with E-state index in [1.165, 1.54) is 12.1 Å². The average Bonchev–Trinajstić information content (AvgIpc) is 3.04. The van der Waals surface area contributed by atoms with Crippen molar-refractivity contribution in [3.63, 3.8) is 0 Å². The molecule has 0 radical (unpaired) electrons. The van der Waals surface area contributed by atoms with Gasteiger partial charge in [-0.3, -0.25) is 4.90 Å². The van der Waals surface area contributed by atoms with Crippen LogP contribution in [-0.4, -0.2) is 52.2 Å². The number of aliphatic hydroxyl groups is 1. The van der Waals surface area contributed by atoms with Crippen LogP contribution < -0.4 is 4.74 Å². The molecule has 0 aliphatic heterocycles. The van der Waals surface area contributed by atoms with Crippen LogP contribution in [0.15, 0.2) is 54.6 Å². The first-order valence-electron chi connectivity index (χ1n) is 10.3. The topological polar surface area (TPSA) is 59.8 Å². The molecule has 1 heterocycles. The highest BCUT2D eigenvalue weighted by atomic mass is 19.1. The fraction of sp³-hybridized carbons (Fsp3) is 0.375. The number of methoxy groups -OCH3 is 1. The molecule has 0 spiro atoms. The van der Waals surface area contributed by atoms with Gasteiger partial charge in [-0.05, 0) is 26.0 Å². The second kappa shape index (κ2) is 10.5. The number of aliphatic hydroxyl groups excluding tert-OH is 1. The Morgan fingerprint density at radius 3 is 2.52 bits per heavy atom. The number of rotatable bonds is 10. The molecule has 0 amide bonds. The molecule has 3 rings (SSSR count). The van der Waals surface area contributed by atoms with E-state index >= 15 is 0 Å². The summed E-state index contributed by atoms with van der Waals surface area (Å²) in [6, 6.07) is 16.1. The van der Waals surface area contributed by atoms with E-state index in [1.807, 2.05) is 37.4 Å². The quantitative estimate of drug-likeness (QED) is 0.525. The molecule has 166 valence electrons. The van der Waals surface area contributed by atoms with Crippen molar-refractivity contribution < 1.29 is 19.0 Å². The second-order valence-electron chi connectivity index (χ2n) is 7.81. The van der Waals surface area contributed by atoms with E-state index in [0.29, 0.717) is 24.7 Å². The number of nitrogens with zero attached hydrogens (tertiary/aromatic N) is 3. The maximum atomic E-state index is 13.7. The van der Waals surface area contributed by atoms with Gasteiger partial charge in [-0.15, -0.1) is 0 Å². The smallest absolute Gasteiger partial charge is 0.222 e. The lowest BCUT2D eigenvalue weighted by atomic mass is 10.1. The van der Waals surface area contributed by atoms with Gasteiger partial charge in [-0.1, -0.05) is 36.4 Å². The Morgan fingerprint density at radius 1 is 1.13 bits per heavy atom. The van der Waals surface area contributed by atoms with Crippen molar-refractivity contribution in [1.29, 1.82) is 0 Å². The van der Waals surface area contributed by atoms with Crippen LogP contribution in [0.3, 0.4) is 0 Å². The number of aromatic nitrogens is 2. The summed E-state index contributed by atoms with van der Waals surface area (Å²) in [7, 11) is 3.38. The fourth-order valence-corrected chi connectivity index (χ4v) is 3.47. The van der Waals surface area contributed by atoms with E-state index < -0.39 is 6.10 Å². The number of hydrogen-bond donors (Lipinski definition) is 1. The maximum absolute atomic E-state index is 13.7. The third-order valence-electron chi connectivity index (χ3n) is 5.04. The lowest BCUT2D eigenvalue weighted by molar-refractivity contribution is 0.0278. The SMILES string of the molecule is COCC(O)CN(Cc1c(-c2ccccc2)nn(C)c1Oc1cccc(F)c1)C(C)C. The van der Waals surface area contributed by atoms with Crippen molar-refractivity contribution in [3.8, 4) is 22.9 Å². The molecule has 1 aromatic heterocycles. The zero-order valence-electron chi connectivity index (χ0n) is 18.5. The Bertz CT molecular complexity index is 975. The minimum atomic E-state index is -0.614. The predicted molar refractivity (Wildman–Crippen MR) is 119 cm³/mol. The molecule has 0 fully saturated rings. The van der Waals surface area contributed by atoms with E-state index in [0.717, 1.165) is 16.8 Å². The second-order valence-corrected chi connectivity index (χ2v) is 7.81. The van der Waals surface area contributed by atoms with Crippen LogP contribution in [0.5, 0.6) is 11.6 Å². The van der Waals surface area contributed by atoms with Crippen molar-refractivity contribution >= 4 is 0 Å². The zero-order valence-corrected chi connectivity index (χ0v) is 18.5. The number of halogens is 1. The standard InChI is InChI=1S/C24H30FN3O3/c1-17(2)28(14-20(29)16-30-4)15-22-23(18-9-6-5-7-10-18)26-27(3)24(22)31-21-12-8-11-19(25)13-21/h5-13,17,20,29H,14-16H2,1-4H3. The van der Waals surface area contributed by atoms with E-state index in [1.54, 1.807) is 23.9 Å². The van der Waals surface area contributed by atoms with Gasteiger partial charge in [0.2, 0.25) is 5.88 Å². The minimum absolute atomic E-state index is 0.164. The molecule has 1 atom stereocenters. The van der Waals surface area contributed by atoms with Crippen molar-refractivity contribution in [3.05, 3.63) is 66.0 Å². The molecular formula is C24H30FN3O3. The van der Waals surface area contributed by atoms with Gasteiger partial charge in [0.25, 0.3) is 0 Å². The van der Waals surface area contributed by atoms with Gasteiger partial charge in [0, 0.05) is 44.9 Å². The third-order valence-corrected chi connectivity index (χ3v) is 5.04. The molecule has 1 N–H and O–H groups in total. The summed E-state index contributed by atoms with van der Waals surface area (Å²) in [5.74, 6) is 0.576. The average molecular weight is 428 g/mol. The lowest BCUT2D eigenvalue weighted by Gasteiger charge is -2.29. The third kappa shape index (κ3) is 5.91. The summed E-state index contributed by atoms with van der Waals surface area (Å²) in [4.78, 5) is 2.14. The highest BCUT2D eigenvalue weighted by molar-refractivity contribution is 5.65. The minimum Gasteiger partial charge on any atom is -0.439 e. The number of aryl methyl sites for hydroxylation is 1. The Labute approximate surface area is 182 Å². The van der Waals surface area contributed by atoms with E-state index in [2.05, 4.69) is 18.7 Å². The van der Waals surface area contributed by atoms with Crippen LogP contribution in [0.4, 0.5) is 4.39 Å². The molecule has 2 aromatic carbocycles. The Morgan fingerprint density at radius 2 is 1.87 bits per heavy atom. The van der Waals surface area contributed by atoms with Crippen LogP contribution in [0.2, 0.25) is 0 Å². The number of ether oxygens (including phenoxy) is 2. The van der Waals surface area contributed by atoms with Gasteiger partial charge in [0.15, 0.2) is 0 Å². The summed E-state index contributed by atoms with van der Waals surface area (Å²) in [5.41, 5.74) is 2.63. The number of benzene rings is 2. The van der Waals surface area contributed by atoms with Gasteiger partial charge < -0.3 is 14.6 Å². The molecular weight excluding hydrogens is 397 g/mol. The Kier molecular flexibility index (Phi) is 7.79. The zero-order chi connectivity index (χ0) is 22.4. The van der Waals surface area contributed by atoms with Crippen LogP contribution in [0.25, 0.3) is 11.3 Å². The van der Waals surface area contributed by atoms with Crippen molar-refractivity contribution in [2.45, 2.75) is 32.5 Å². The molecule has 31 heavy (non-hydrogen) atoms. The van der Waals surface area contributed by atoms with E-state index in [4.69, 9.17) is 14.6 Å². The first-order chi connectivity index (χ1) is 14.9. The summed E-state index contributed by atoms with van der Waals surface area (Å²) in [6.07, 6.45) is -0.614. The Balaban J connectivity index is 2.01. The van der Waals surface area contributed by atoms with Gasteiger partial charge in [0.05, 0.1) is 18.3 Å². The van der Waals surface area contributed by atoms with Crippen molar-refractivity contribution in [2.24, 2.45) is 7.05 Å². The van der Waals surface area contributed by atoms with Gasteiger partial charge in [0.1, 0.15) is 17.3 Å². The molecule has 0 saturated heterocycles. The summed E-state index contributed by atoms with van der Waals surface area (Å²) in [5, 5.41) is 15.0. The summed E-state index contributed by atoms with van der Waals surface area (Å²) < 4.78 is 26.6. The van der Waals surface area contributed by atoms with Gasteiger partial charge >= 0.3 is 0 Å². The molecule has 3 aromatic rings.